The van der Waals surface area contributed by atoms with Crippen molar-refractivity contribution in [2.75, 3.05) is 6.54 Å². The van der Waals surface area contributed by atoms with Gasteiger partial charge < -0.3 is 15.0 Å². The molecule has 0 unspecified atom stereocenters. The highest BCUT2D eigenvalue weighted by Gasteiger charge is 2.03. The first-order valence-corrected chi connectivity index (χ1v) is 3.84. The number of hydrogen-bond acceptors (Lipinski definition) is 3. The second-order valence-electron chi connectivity index (χ2n) is 1.34. The molecule has 0 amide bonds. The van der Waals surface area contributed by atoms with Crippen LogP contribution in [0.4, 0.5) is 0 Å². The van der Waals surface area contributed by atoms with Crippen LogP contribution in [-0.2, 0) is 4.57 Å². The predicted molar refractivity (Wildman–Crippen MR) is 31.0 cm³/mol. The minimum absolute atomic E-state index is 0.0328. The summed E-state index contributed by atoms with van der Waals surface area (Å²) in [5, 5.41) is 7.91. The van der Waals surface area contributed by atoms with Gasteiger partial charge in [-0.3, -0.25) is 4.57 Å². The van der Waals surface area contributed by atoms with Crippen LogP contribution in [0.3, 0.4) is 0 Å². The fourth-order valence-corrected chi connectivity index (χ4v) is 0.623. The molecule has 5 nitrogen and oxygen atoms in total. The standard InChI is InChI=1S/C3H8NO4P/c5-4-2-1-3-9(6,7)8/h1,3-5H,2H2,(H2,6,7,8). The van der Waals surface area contributed by atoms with Crippen molar-refractivity contribution in [1.82, 2.24) is 5.48 Å². The highest BCUT2D eigenvalue weighted by molar-refractivity contribution is 7.55. The number of rotatable bonds is 3. The van der Waals surface area contributed by atoms with Crippen LogP contribution in [-0.4, -0.2) is 21.5 Å². The quantitative estimate of drug-likeness (QED) is 0.329. The molecule has 0 saturated heterocycles. The highest BCUT2D eigenvalue weighted by Crippen LogP contribution is 2.35. The molecule has 54 valence electrons. The maximum atomic E-state index is 10.0. The van der Waals surface area contributed by atoms with Crippen molar-refractivity contribution in [3.63, 3.8) is 0 Å². The number of hydrogen-bond donors (Lipinski definition) is 4. The SMILES string of the molecule is O=P(O)(O)C=CCNO. The lowest BCUT2D eigenvalue weighted by Crippen LogP contribution is -2.04. The molecule has 4 N–H and O–H groups in total. The summed E-state index contributed by atoms with van der Waals surface area (Å²) in [5.74, 6) is 0.718. The van der Waals surface area contributed by atoms with E-state index in [0.29, 0.717) is 0 Å². The van der Waals surface area contributed by atoms with E-state index >= 15 is 0 Å². The van der Waals surface area contributed by atoms with Crippen molar-refractivity contribution >= 4 is 7.60 Å². The van der Waals surface area contributed by atoms with E-state index in [1.165, 1.54) is 0 Å². The molecule has 0 aromatic rings. The maximum Gasteiger partial charge on any atom is 0.348 e. The maximum absolute atomic E-state index is 10.0. The van der Waals surface area contributed by atoms with Gasteiger partial charge in [0.1, 0.15) is 0 Å². The zero-order valence-electron chi connectivity index (χ0n) is 4.56. The van der Waals surface area contributed by atoms with Gasteiger partial charge >= 0.3 is 7.60 Å². The Morgan fingerprint density at radius 3 is 2.44 bits per heavy atom. The molecule has 0 spiro atoms. The number of nitrogens with one attached hydrogen (secondary N) is 1. The molecular weight excluding hydrogens is 145 g/mol. The Morgan fingerprint density at radius 2 is 2.11 bits per heavy atom. The van der Waals surface area contributed by atoms with E-state index in [1.807, 2.05) is 0 Å². The van der Waals surface area contributed by atoms with Gasteiger partial charge in [0.2, 0.25) is 0 Å². The van der Waals surface area contributed by atoms with Crippen molar-refractivity contribution in [3.05, 3.63) is 11.9 Å². The Kier molecular flexibility index (Phi) is 3.68. The van der Waals surface area contributed by atoms with Gasteiger partial charge in [-0.05, 0) is 0 Å². The summed E-state index contributed by atoms with van der Waals surface area (Å²) < 4.78 is 10.0. The van der Waals surface area contributed by atoms with E-state index in [4.69, 9.17) is 15.0 Å². The van der Waals surface area contributed by atoms with Gasteiger partial charge in [0.15, 0.2) is 0 Å². The fraction of sp³-hybridized carbons (Fsp3) is 0.333. The third-order valence-corrected chi connectivity index (χ3v) is 1.11. The van der Waals surface area contributed by atoms with Gasteiger partial charge in [-0.15, -0.1) is 0 Å². The Labute approximate surface area is 52.1 Å². The van der Waals surface area contributed by atoms with E-state index in [0.717, 1.165) is 11.9 Å². The summed E-state index contributed by atoms with van der Waals surface area (Å²) in [4.78, 5) is 16.3. The fourth-order valence-electron chi connectivity index (χ4n) is 0.243. The summed E-state index contributed by atoms with van der Waals surface area (Å²) in [7, 11) is -4.03. The molecule has 0 aliphatic carbocycles. The monoisotopic (exact) mass is 153 g/mol. The van der Waals surface area contributed by atoms with Crippen LogP contribution < -0.4 is 5.48 Å². The van der Waals surface area contributed by atoms with E-state index in [1.54, 1.807) is 5.48 Å². The van der Waals surface area contributed by atoms with Crippen LogP contribution in [0.15, 0.2) is 11.9 Å². The van der Waals surface area contributed by atoms with Crippen LogP contribution in [0.5, 0.6) is 0 Å². The predicted octanol–water partition coefficient (Wildman–Crippen LogP) is -0.343. The minimum Gasteiger partial charge on any atom is -0.321 e. The van der Waals surface area contributed by atoms with Gasteiger partial charge in [-0.25, -0.2) is 5.48 Å². The van der Waals surface area contributed by atoms with Crippen LogP contribution >= 0.6 is 7.60 Å². The molecule has 0 saturated carbocycles. The summed E-state index contributed by atoms with van der Waals surface area (Å²) in [6, 6.07) is 0. The summed E-state index contributed by atoms with van der Waals surface area (Å²) >= 11 is 0. The average molecular weight is 153 g/mol. The second-order valence-corrected chi connectivity index (χ2v) is 2.81. The zero-order chi connectivity index (χ0) is 7.33. The van der Waals surface area contributed by atoms with E-state index in [-0.39, 0.29) is 6.54 Å². The molecule has 9 heavy (non-hydrogen) atoms. The van der Waals surface area contributed by atoms with Crippen molar-refractivity contribution in [2.24, 2.45) is 0 Å². The molecule has 0 aromatic heterocycles. The number of hydroxylamine groups is 1. The molecule has 0 fully saturated rings. The van der Waals surface area contributed by atoms with Crippen molar-refractivity contribution in [2.45, 2.75) is 0 Å². The molecule has 0 aliphatic rings. The Hall–Kier alpha value is -0.190. The molecule has 0 rings (SSSR count). The van der Waals surface area contributed by atoms with Gasteiger partial charge in [0.25, 0.3) is 0 Å². The Balaban J connectivity index is 3.58. The summed E-state index contributed by atoms with van der Waals surface area (Å²) in [5.41, 5.74) is 1.71. The average Bonchev–Trinajstić information content (AvgIpc) is 1.63. The molecule has 0 aromatic carbocycles. The highest BCUT2D eigenvalue weighted by atomic mass is 31.2. The van der Waals surface area contributed by atoms with Crippen LogP contribution in [0.2, 0.25) is 0 Å². The van der Waals surface area contributed by atoms with Gasteiger partial charge in [0, 0.05) is 12.4 Å². The molecule has 6 heteroatoms. The largest absolute Gasteiger partial charge is 0.348 e. The molecule has 0 heterocycles. The van der Waals surface area contributed by atoms with Crippen molar-refractivity contribution < 1.29 is 19.6 Å². The van der Waals surface area contributed by atoms with Crippen molar-refractivity contribution in [1.29, 1.82) is 0 Å². The van der Waals surface area contributed by atoms with Gasteiger partial charge in [-0.1, -0.05) is 6.08 Å². The van der Waals surface area contributed by atoms with Gasteiger partial charge in [-0.2, -0.15) is 0 Å². The summed E-state index contributed by atoms with van der Waals surface area (Å²) in [6.07, 6.45) is 1.14. The minimum atomic E-state index is -4.03. The summed E-state index contributed by atoms with van der Waals surface area (Å²) in [6.45, 7) is 0.0328. The van der Waals surface area contributed by atoms with E-state index in [2.05, 4.69) is 0 Å². The third kappa shape index (κ3) is 7.81. The van der Waals surface area contributed by atoms with Crippen LogP contribution in [0.25, 0.3) is 0 Å². The Bertz CT molecular complexity index is 139. The van der Waals surface area contributed by atoms with E-state index in [9.17, 15) is 4.57 Å². The first-order chi connectivity index (χ1) is 4.06. The Morgan fingerprint density at radius 1 is 1.56 bits per heavy atom. The van der Waals surface area contributed by atoms with Crippen LogP contribution in [0, 0.1) is 0 Å². The van der Waals surface area contributed by atoms with E-state index < -0.39 is 7.60 Å². The normalized spacial score (nSPS) is 12.8. The lowest BCUT2D eigenvalue weighted by Gasteiger charge is -1.92. The van der Waals surface area contributed by atoms with Gasteiger partial charge in [0.05, 0.1) is 0 Å². The first-order valence-electron chi connectivity index (χ1n) is 2.16. The third-order valence-electron chi connectivity index (χ3n) is 0.509. The smallest absolute Gasteiger partial charge is 0.321 e. The van der Waals surface area contributed by atoms with Crippen molar-refractivity contribution in [3.8, 4) is 0 Å². The molecule has 0 bridgehead atoms. The second kappa shape index (κ2) is 3.76. The molecular formula is C3H8NO4P. The zero-order valence-corrected chi connectivity index (χ0v) is 5.45. The molecule has 0 atom stereocenters. The lowest BCUT2D eigenvalue weighted by atomic mass is 10.7. The topological polar surface area (TPSA) is 89.8 Å². The molecule has 0 aliphatic heterocycles. The van der Waals surface area contributed by atoms with Crippen LogP contribution in [0.1, 0.15) is 0 Å². The first kappa shape index (κ1) is 8.81. The lowest BCUT2D eigenvalue weighted by molar-refractivity contribution is 0.179. The molecule has 0 radical (unpaired) electrons.